The lowest BCUT2D eigenvalue weighted by Crippen LogP contribution is -2.21. The molecule has 1 atom stereocenters. The molecule has 0 unspecified atom stereocenters. The van der Waals surface area contributed by atoms with Crippen molar-refractivity contribution in [1.82, 2.24) is 0 Å². The van der Waals surface area contributed by atoms with E-state index < -0.39 is 6.04 Å². The highest BCUT2D eigenvalue weighted by molar-refractivity contribution is 5.85. The van der Waals surface area contributed by atoms with E-state index in [9.17, 15) is 4.39 Å². The summed E-state index contributed by atoms with van der Waals surface area (Å²) in [4.78, 5) is 0. The summed E-state index contributed by atoms with van der Waals surface area (Å²) in [5.41, 5.74) is 11.3. The minimum absolute atomic E-state index is 0. The molecule has 0 fully saturated rings. The summed E-state index contributed by atoms with van der Waals surface area (Å²) in [6.45, 7) is 0.265. The van der Waals surface area contributed by atoms with E-state index in [4.69, 9.17) is 11.5 Å². The zero-order valence-corrected chi connectivity index (χ0v) is 8.58. The molecule has 5 heteroatoms. The predicted octanol–water partition coefficient (Wildman–Crippen LogP) is 1.63. The summed E-state index contributed by atoms with van der Waals surface area (Å²) in [7, 11) is 0. The fourth-order valence-electron chi connectivity index (χ4n) is 0.903. The third-order valence-electron chi connectivity index (χ3n) is 1.56. The SMILES string of the molecule is Cl.Cl.NC[C@@H](N)c1ccccc1F. The Morgan fingerprint density at radius 1 is 1.23 bits per heavy atom. The summed E-state index contributed by atoms with van der Waals surface area (Å²) < 4.78 is 12.9. The number of hydrogen-bond donors (Lipinski definition) is 2. The van der Waals surface area contributed by atoms with Crippen molar-refractivity contribution in [2.45, 2.75) is 6.04 Å². The van der Waals surface area contributed by atoms with Gasteiger partial charge in [0.2, 0.25) is 0 Å². The molecular weight excluding hydrogens is 214 g/mol. The van der Waals surface area contributed by atoms with Gasteiger partial charge in [-0.15, -0.1) is 24.8 Å². The molecule has 1 aromatic rings. The van der Waals surface area contributed by atoms with E-state index in [-0.39, 0.29) is 37.2 Å². The van der Waals surface area contributed by atoms with Crippen LogP contribution in [0.4, 0.5) is 4.39 Å². The number of hydrogen-bond acceptors (Lipinski definition) is 2. The van der Waals surface area contributed by atoms with Crippen molar-refractivity contribution < 1.29 is 4.39 Å². The van der Waals surface area contributed by atoms with Crippen LogP contribution in [0.1, 0.15) is 11.6 Å². The molecule has 0 aliphatic heterocycles. The first kappa shape index (κ1) is 15.1. The zero-order valence-electron chi connectivity index (χ0n) is 6.94. The van der Waals surface area contributed by atoms with Crippen molar-refractivity contribution in [3.05, 3.63) is 35.6 Å². The average molecular weight is 227 g/mol. The Bertz CT molecular complexity index is 245. The summed E-state index contributed by atoms with van der Waals surface area (Å²) >= 11 is 0. The minimum atomic E-state index is -0.392. The Labute approximate surface area is 89.3 Å². The van der Waals surface area contributed by atoms with Gasteiger partial charge in [0, 0.05) is 18.2 Å². The highest BCUT2D eigenvalue weighted by Gasteiger charge is 2.07. The van der Waals surface area contributed by atoms with Crippen LogP contribution in [0, 0.1) is 5.82 Å². The van der Waals surface area contributed by atoms with Crippen LogP contribution >= 0.6 is 24.8 Å². The first-order chi connectivity index (χ1) is 5.25. The van der Waals surface area contributed by atoms with E-state index in [1.54, 1.807) is 18.2 Å². The van der Waals surface area contributed by atoms with Crippen molar-refractivity contribution in [3.8, 4) is 0 Å². The maximum absolute atomic E-state index is 12.9. The molecule has 2 nitrogen and oxygen atoms in total. The Balaban J connectivity index is 0. The van der Waals surface area contributed by atoms with Crippen molar-refractivity contribution in [2.75, 3.05) is 6.54 Å². The molecule has 0 spiro atoms. The van der Waals surface area contributed by atoms with Crippen LogP contribution in [0.5, 0.6) is 0 Å². The highest BCUT2D eigenvalue weighted by atomic mass is 35.5. The Hall–Kier alpha value is -0.350. The summed E-state index contributed by atoms with van der Waals surface area (Å²) in [5, 5.41) is 0. The first-order valence-corrected chi connectivity index (χ1v) is 3.45. The topological polar surface area (TPSA) is 52.0 Å². The molecule has 0 aliphatic carbocycles. The molecule has 0 aromatic heterocycles. The van der Waals surface area contributed by atoms with Crippen molar-refractivity contribution in [3.63, 3.8) is 0 Å². The molecule has 0 saturated heterocycles. The van der Waals surface area contributed by atoms with E-state index in [1.165, 1.54) is 6.07 Å². The van der Waals surface area contributed by atoms with Crippen LogP contribution in [0.3, 0.4) is 0 Å². The number of halogens is 3. The van der Waals surface area contributed by atoms with Crippen molar-refractivity contribution in [1.29, 1.82) is 0 Å². The van der Waals surface area contributed by atoms with E-state index in [1.807, 2.05) is 0 Å². The number of rotatable bonds is 2. The van der Waals surface area contributed by atoms with Gasteiger partial charge < -0.3 is 11.5 Å². The average Bonchev–Trinajstić information content (AvgIpc) is 2.04. The van der Waals surface area contributed by atoms with Gasteiger partial charge >= 0.3 is 0 Å². The van der Waals surface area contributed by atoms with Gasteiger partial charge in [0.25, 0.3) is 0 Å². The van der Waals surface area contributed by atoms with Crippen LogP contribution in [-0.2, 0) is 0 Å². The van der Waals surface area contributed by atoms with Gasteiger partial charge in [-0.1, -0.05) is 18.2 Å². The second kappa shape index (κ2) is 7.09. The predicted molar refractivity (Wildman–Crippen MR) is 56.9 cm³/mol. The molecule has 0 aliphatic rings. The largest absolute Gasteiger partial charge is 0.329 e. The van der Waals surface area contributed by atoms with E-state index >= 15 is 0 Å². The van der Waals surface area contributed by atoms with Gasteiger partial charge in [-0.3, -0.25) is 0 Å². The molecule has 0 radical (unpaired) electrons. The second-order valence-corrected chi connectivity index (χ2v) is 2.36. The second-order valence-electron chi connectivity index (χ2n) is 2.36. The molecular formula is C8H13Cl2FN2. The van der Waals surface area contributed by atoms with E-state index in [0.717, 1.165) is 0 Å². The number of nitrogens with two attached hydrogens (primary N) is 2. The van der Waals surface area contributed by atoms with Crippen LogP contribution < -0.4 is 11.5 Å². The molecule has 4 N–H and O–H groups in total. The van der Waals surface area contributed by atoms with Crippen LogP contribution in [0.2, 0.25) is 0 Å². The summed E-state index contributed by atoms with van der Waals surface area (Å²) in [6, 6.07) is 6.00. The number of benzene rings is 1. The Morgan fingerprint density at radius 2 is 1.77 bits per heavy atom. The maximum Gasteiger partial charge on any atom is 0.128 e. The maximum atomic E-state index is 12.9. The molecule has 0 saturated carbocycles. The zero-order chi connectivity index (χ0) is 8.27. The molecule has 0 bridgehead atoms. The van der Waals surface area contributed by atoms with Crippen LogP contribution in [0.15, 0.2) is 24.3 Å². The minimum Gasteiger partial charge on any atom is -0.329 e. The third-order valence-corrected chi connectivity index (χ3v) is 1.56. The summed E-state index contributed by atoms with van der Waals surface area (Å²) in [6.07, 6.45) is 0. The first-order valence-electron chi connectivity index (χ1n) is 3.45. The summed E-state index contributed by atoms with van der Waals surface area (Å²) in [5.74, 6) is -0.287. The van der Waals surface area contributed by atoms with Gasteiger partial charge in [0.1, 0.15) is 5.82 Å². The Morgan fingerprint density at radius 3 is 2.23 bits per heavy atom. The normalized spacial score (nSPS) is 11.0. The van der Waals surface area contributed by atoms with Gasteiger partial charge in [-0.05, 0) is 6.07 Å². The lowest BCUT2D eigenvalue weighted by Gasteiger charge is -2.08. The monoisotopic (exact) mass is 226 g/mol. The van der Waals surface area contributed by atoms with Crippen LogP contribution in [0.25, 0.3) is 0 Å². The van der Waals surface area contributed by atoms with Crippen molar-refractivity contribution in [2.24, 2.45) is 11.5 Å². The lowest BCUT2D eigenvalue weighted by molar-refractivity contribution is 0.584. The molecule has 13 heavy (non-hydrogen) atoms. The third kappa shape index (κ3) is 3.91. The van der Waals surface area contributed by atoms with Crippen LogP contribution in [-0.4, -0.2) is 6.54 Å². The van der Waals surface area contributed by atoms with E-state index in [2.05, 4.69) is 0 Å². The molecule has 0 amide bonds. The molecule has 1 rings (SSSR count). The lowest BCUT2D eigenvalue weighted by atomic mass is 10.1. The van der Waals surface area contributed by atoms with Gasteiger partial charge in [0.05, 0.1) is 0 Å². The standard InChI is InChI=1S/C8H11FN2.2ClH/c9-7-4-2-1-3-6(7)8(11)5-10;;/h1-4,8H,5,10-11H2;2*1H/t8-;;/m1../s1. The fraction of sp³-hybridized carbons (Fsp3) is 0.250. The molecule has 1 aromatic carbocycles. The quantitative estimate of drug-likeness (QED) is 0.806. The van der Waals surface area contributed by atoms with E-state index in [0.29, 0.717) is 5.56 Å². The molecule has 76 valence electrons. The highest BCUT2D eigenvalue weighted by Crippen LogP contribution is 2.12. The molecule has 0 heterocycles. The van der Waals surface area contributed by atoms with Gasteiger partial charge in [-0.25, -0.2) is 4.39 Å². The fourth-order valence-corrected chi connectivity index (χ4v) is 0.903. The van der Waals surface area contributed by atoms with Gasteiger partial charge in [0.15, 0.2) is 0 Å². The van der Waals surface area contributed by atoms with Gasteiger partial charge in [-0.2, -0.15) is 0 Å². The Kier molecular flexibility index (Phi) is 8.26. The smallest absolute Gasteiger partial charge is 0.128 e. The van der Waals surface area contributed by atoms with Crippen molar-refractivity contribution >= 4 is 24.8 Å².